The predicted molar refractivity (Wildman–Crippen MR) is 106 cm³/mol. The Morgan fingerprint density at radius 2 is 2.00 bits per heavy atom. The zero-order valence-electron chi connectivity index (χ0n) is 15.0. The summed E-state index contributed by atoms with van der Waals surface area (Å²) in [7, 11) is 0. The Balaban J connectivity index is 1.55. The van der Waals surface area contributed by atoms with Gasteiger partial charge in [-0.3, -0.25) is 0 Å². The van der Waals surface area contributed by atoms with Gasteiger partial charge in [0.05, 0.1) is 11.5 Å². The molecule has 3 heteroatoms. The maximum Gasteiger partial charge on any atom is 0.133 e. The molecule has 2 bridgehead atoms. The van der Waals surface area contributed by atoms with E-state index in [0.29, 0.717) is 11.7 Å². The summed E-state index contributed by atoms with van der Waals surface area (Å²) in [5, 5.41) is 12.8. The van der Waals surface area contributed by atoms with Gasteiger partial charge in [0.15, 0.2) is 0 Å². The third-order valence-electron chi connectivity index (χ3n) is 6.02. The monoisotopic (exact) mass is 356 g/mol. The van der Waals surface area contributed by atoms with Crippen LogP contribution < -0.4 is 4.74 Å². The molecule has 0 aromatic heterocycles. The molecule has 2 fully saturated rings. The topological polar surface area (TPSA) is 29.5 Å². The van der Waals surface area contributed by atoms with E-state index in [2.05, 4.69) is 25.1 Å². The molecule has 2 aliphatic carbocycles. The van der Waals surface area contributed by atoms with Crippen LogP contribution in [-0.4, -0.2) is 17.5 Å². The first-order chi connectivity index (χ1) is 12.3. The summed E-state index contributed by atoms with van der Waals surface area (Å²) in [6.07, 6.45) is 7.90. The first kappa shape index (κ1) is 17.1. The van der Waals surface area contributed by atoms with E-state index in [1.165, 1.54) is 38.5 Å². The summed E-state index contributed by atoms with van der Waals surface area (Å²) >= 11 is 1.76. The third kappa shape index (κ3) is 3.48. The predicted octanol–water partition coefficient (Wildman–Crippen LogP) is 6.25. The smallest absolute Gasteiger partial charge is 0.133 e. The van der Waals surface area contributed by atoms with Crippen LogP contribution >= 0.6 is 11.8 Å². The fourth-order valence-corrected chi connectivity index (χ4v) is 5.85. The highest BCUT2D eigenvalue weighted by molar-refractivity contribution is 7.99. The average Bonchev–Trinajstić information content (AvgIpc) is 3.25. The molecule has 3 atom stereocenters. The number of thioether (sulfide) groups is 1. The van der Waals surface area contributed by atoms with Crippen molar-refractivity contribution in [2.75, 3.05) is 12.4 Å². The fourth-order valence-electron chi connectivity index (χ4n) is 4.67. The summed E-state index contributed by atoms with van der Waals surface area (Å²) in [6.45, 7) is 3.00. The van der Waals surface area contributed by atoms with E-state index in [1.54, 1.807) is 11.8 Å². The number of hydrogen-bond donors (Lipinski definition) is 1. The van der Waals surface area contributed by atoms with Gasteiger partial charge in [-0.25, -0.2) is 0 Å². The largest absolute Gasteiger partial charge is 0.507 e. The van der Waals surface area contributed by atoms with Gasteiger partial charge in [-0.2, -0.15) is 0 Å². The van der Waals surface area contributed by atoms with Crippen LogP contribution in [0.25, 0.3) is 10.8 Å². The molecule has 1 N–H and O–H groups in total. The summed E-state index contributed by atoms with van der Waals surface area (Å²) < 4.78 is 6.25. The number of phenols is 1. The molecular weight excluding hydrogens is 328 g/mol. The van der Waals surface area contributed by atoms with Crippen LogP contribution in [0.3, 0.4) is 0 Å². The molecular formula is C22H28O2S. The van der Waals surface area contributed by atoms with Crippen molar-refractivity contribution in [2.45, 2.75) is 50.3 Å². The Morgan fingerprint density at radius 1 is 1.16 bits per heavy atom. The van der Waals surface area contributed by atoms with E-state index in [1.807, 2.05) is 12.1 Å². The minimum absolute atomic E-state index is 0.364. The first-order valence-corrected chi connectivity index (χ1v) is 10.7. The highest BCUT2D eigenvalue weighted by Crippen LogP contribution is 2.49. The van der Waals surface area contributed by atoms with Gasteiger partial charge in [-0.05, 0) is 49.2 Å². The maximum atomic E-state index is 10.6. The van der Waals surface area contributed by atoms with E-state index in [-0.39, 0.29) is 0 Å². The Hall–Kier alpha value is -1.35. The quantitative estimate of drug-likeness (QED) is 0.469. The third-order valence-corrected chi connectivity index (χ3v) is 7.23. The van der Waals surface area contributed by atoms with Gasteiger partial charge >= 0.3 is 0 Å². The van der Waals surface area contributed by atoms with Crippen LogP contribution in [0.2, 0.25) is 0 Å². The standard InChI is InChI=1S/C22H28O2S/c1-2-3-10-25-22-19-7-5-4-6-18(19)21(13-20(22)23)24-14-17-12-15-8-9-16(17)11-15/h4-7,13,15-17,23H,2-3,8-12,14H2,1H3. The molecule has 0 aliphatic heterocycles. The van der Waals surface area contributed by atoms with Crippen molar-refractivity contribution in [1.82, 2.24) is 0 Å². The minimum atomic E-state index is 0.364. The molecule has 2 aromatic rings. The number of aromatic hydroxyl groups is 1. The zero-order chi connectivity index (χ0) is 17.2. The molecule has 0 radical (unpaired) electrons. The Bertz CT molecular complexity index is 742. The number of rotatable bonds is 7. The molecule has 0 heterocycles. The van der Waals surface area contributed by atoms with Crippen LogP contribution in [0.5, 0.6) is 11.5 Å². The van der Waals surface area contributed by atoms with Crippen LogP contribution in [-0.2, 0) is 0 Å². The van der Waals surface area contributed by atoms with E-state index < -0.39 is 0 Å². The number of phenolic OH excluding ortho intramolecular Hbond substituents is 1. The van der Waals surface area contributed by atoms with Crippen molar-refractivity contribution < 1.29 is 9.84 Å². The SMILES string of the molecule is CCCCSc1c(O)cc(OCC2CC3CCC2C3)c2ccccc12. The van der Waals surface area contributed by atoms with E-state index in [0.717, 1.165) is 45.6 Å². The molecule has 0 saturated heterocycles. The van der Waals surface area contributed by atoms with Crippen molar-refractivity contribution in [3.8, 4) is 11.5 Å². The van der Waals surface area contributed by atoms with Gasteiger partial charge in [-0.1, -0.05) is 44.0 Å². The van der Waals surface area contributed by atoms with Crippen molar-refractivity contribution >= 4 is 22.5 Å². The molecule has 2 aromatic carbocycles. The van der Waals surface area contributed by atoms with Crippen molar-refractivity contribution in [2.24, 2.45) is 17.8 Å². The second-order valence-electron chi connectivity index (χ2n) is 7.72. The zero-order valence-corrected chi connectivity index (χ0v) is 15.9. The Labute approximate surface area is 155 Å². The Morgan fingerprint density at radius 3 is 2.72 bits per heavy atom. The van der Waals surface area contributed by atoms with E-state index >= 15 is 0 Å². The molecule has 2 saturated carbocycles. The summed E-state index contributed by atoms with van der Waals surface area (Å²) in [6, 6.07) is 10.2. The highest BCUT2D eigenvalue weighted by atomic mass is 32.2. The van der Waals surface area contributed by atoms with Gasteiger partial charge in [0.1, 0.15) is 11.5 Å². The van der Waals surface area contributed by atoms with Crippen molar-refractivity contribution in [3.05, 3.63) is 30.3 Å². The Kier molecular flexibility index (Phi) is 5.12. The van der Waals surface area contributed by atoms with Gasteiger partial charge < -0.3 is 9.84 Å². The van der Waals surface area contributed by atoms with Crippen LogP contribution in [0.15, 0.2) is 35.2 Å². The number of unbranched alkanes of at least 4 members (excludes halogenated alkanes) is 1. The van der Waals surface area contributed by atoms with Crippen LogP contribution in [0.4, 0.5) is 0 Å². The lowest BCUT2D eigenvalue weighted by molar-refractivity contribution is 0.196. The number of benzene rings is 2. The first-order valence-electron chi connectivity index (χ1n) is 9.76. The molecule has 0 spiro atoms. The number of hydrogen-bond acceptors (Lipinski definition) is 3. The molecule has 25 heavy (non-hydrogen) atoms. The molecule has 4 rings (SSSR count). The average molecular weight is 357 g/mol. The molecule has 2 aliphatic rings. The normalized spacial score (nSPS) is 24.9. The highest BCUT2D eigenvalue weighted by Gasteiger charge is 2.39. The molecule has 3 unspecified atom stereocenters. The van der Waals surface area contributed by atoms with Crippen LogP contribution in [0, 0.1) is 17.8 Å². The minimum Gasteiger partial charge on any atom is -0.507 e. The molecule has 134 valence electrons. The molecule has 0 amide bonds. The van der Waals surface area contributed by atoms with Gasteiger partial charge in [0.25, 0.3) is 0 Å². The summed E-state index contributed by atoms with van der Waals surface area (Å²) in [4.78, 5) is 0.997. The second kappa shape index (κ2) is 7.49. The van der Waals surface area contributed by atoms with Crippen LogP contribution in [0.1, 0.15) is 45.4 Å². The van der Waals surface area contributed by atoms with E-state index in [9.17, 15) is 5.11 Å². The second-order valence-corrected chi connectivity index (χ2v) is 8.82. The van der Waals surface area contributed by atoms with Crippen molar-refractivity contribution in [3.63, 3.8) is 0 Å². The maximum absolute atomic E-state index is 10.6. The fraction of sp³-hybridized carbons (Fsp3) is 0.545. The molecule has 2 nitrogen and oxygen atoms in total. The van der Waals surface area contributed by atoms with E-state index in [4.69, 9.17) is 4.74 Å². The lowest BCUT2D eigenvalue weighted by Crippen LogP contribution is -2.18. The summed E-state index contributed by atoms with van der Waals surface area (Å²) in [5.41, 5.74) is 0. The number of ether oxygens (including phenoxy) is 1. The number of fused-ring (bicyclic) bond motifs is 3. The van der Waals surface area contributed by atoms with Crippen molar-refractivity contribution in [1.29, 1.82) is 0 Å². The lowest BCUT2D eigenvalue weighted by Gasteiger charge is -2.22. The summed E-state index contributed by atoms with van der Waals surface area (Å²) in [5.74, 6) is 4.77. The van der Waals surface area contributed by atoms with Gasteiger partial charge in [-0.15, -0.1) is 11.8 Å². The van der Waals surface area contributed by atoms with Gasteiger partial charge in [0.2, 0.25) is 0 Å². The lowest BCUT2D eigenvalue weighted by atomic mass is 9.89. The van der Waals surface area contributed by atoms with Gasteiger partial charge in [0, 0.05) is 16.8 Å².